The Labute approximate surface area is 187 Å². The lowest BCUT2D eigenvalue weighted by atomic mass is 9.63. The van der Waals surface area contributed by atoms with E-state index in [1.54, 1.807) is 0 Å². The number of nitrogens with one attached hydrogen (secondary N) is 2. The molecule has 0 aliphatic heterocycles. The first kappa shape index (κ1) is 22.0. The first-order valence-corrected chi connectivity index (χ1v) is 10.1. The Morgan fingerprint density at radius 2 is 2.06 bits per heavy atom. The van der Waals surface area contributed by atoms with Crippen LogP contribution in [0.4, 0.5) is 4.39 Å². The van der Waals surface area contributed by atoms with Crippen LogP contribution in [0.2, 0.25) is 5.02 Å². The van der Waals surface area contributed by atoms with Crippen molar-refractivity contribution in [3.05, 3.63) is 58.4 Å². The number of ether oxygens (including phenoxy) is 2. The Morgan fingerprint density at radius 3 is 2.75 bits per heavy atom. The third-order valence-electron chi connectivity index (χ3n) is 5.39. The summed E-state index contributed by atoms with van der Waals surface area (Å²) in [5.41, 5.74) is 0.682. The van der Waals surface area contributed by atoms with Crippen LogP contribution in [0, 0.1) is 5.82 Å². The summed E-state index contributed by atoms with van der Waals surface area (Å²) in [7, 11) is 1.40. The van der Waals surface area contributed by atoms with Gasteiger partial charge in [0.15, 0.2) is 12.3 Å². The molecule has 11 heteroatoms. The summed E-state index contributed by atoms with van der Waals surface area (Å²) in [6, 6.07) is 3.87. The molecule has 1 aromatic heterocycles. The van der Waals surface area contributed by atoms with E-state index in [0.717, 1.165) is 11.6 Å². The Bertz CT molecular complexity index is 1100. The number of nitrogens with zero attached hydrogens (tertiary/aromatic N) is 2. The van der Waals surface area contributed by atoms with E-state index in [-0.39, 0.29) is 35.4 Å². The van der Waals surface area contributed by atoms with E-state index >= 15 is 0 Å². The van der Waals surface area contributed by atoms with Gasteiger partial charge in [0.25, 0.3) is 11.8 Å². The highest BCUT2D eigenvalue weighted by molar-refractivity contribution is 6.30. The molecule has 1 saturated carbocycles. The minimum atomic E-state index is -0.964. The number of hydrogen-bond acceptors (Lipinski definition) is 7. The SMILES string of the molecule is COc1nccnc1C(=O)NC12CC(=C(NC(=O)COc3ccc(Cl)c(F)c3)C(O)C1)C2. The molecule has 2 amide bonds. The topological polar surface area (TPSA) is 123 Å². The molecule has 0 spiro atoms. The minimum absolute atomic E-state index is 0.0441. The number of fused-ring (bicyclic) bond motifs is 2. The van der Waals surface area contributed by atoms with Crippen LogP contribution in [0.25, 0.3) is 0 Å². The number of hydrogen-bond donors (Lipinski definition) is 3. The van der Waals surface area contributed by atoms with Crippen molar-refractivity contribution in [2.45, 2.75) is 30.9 Å². The molecule has 2 aromatic rings. The second-order valence-electron chi connectivity index (χ2n) is 7.65. The summed E-state index contributed by atoms with van der Waals surface area (Å²) in [4.78, 5) is 32.9. The van der Waals surface area contributed by atoms with Crippen molar-refractivity contribution >= 4 is 23.4 Å². The predicted octanol–water partition coefficient (Wildman–Crippen LogP) is 1.75. The van der Waals surface area contributed by atoms with Gasteiger partial charge in [-0.15, -0.1) is 0 Å². The maximum Gasteiger partial charge on any atom is 0.275 e. The van der Waals surface area contributed by atoms with Gasteiger partial charge in [-0.1, -0.05) is 11.6 Å². The van der Waals surface area contributed by atoms with Crippen LogP contribution in [0.5, 0.6) is 11.6 Å². The fraction of sp³-hybridized carbons (Fsp3) is 0.333. The molecule has 3 aliphatic rings. The summed E-state index contributed by atoms with van der Waals surface area (Å²) in [6.45, 7) is -0.362. The van der Waals surface area contributed by atoms with Gasteiger partial charge in [-0.3, -0.25) is 9.59 Å². The summed E-state index contributed by atoms with van der Waals surface area (Å²) in [6.07, 6.45) is 3.04. The van der Waals surface area contributed by atoms with E-state index in [1.165, 1.54) is 31.6 Å². The Morgan fingerprint density at radius 1 is 1.31 bits per heavy atom. The highest BCUT2D eigenvalue weighted by Crippen LogP contribution is 2.48. The normalized spacial score (nSPS) is 21.4. The van der Waals surface area contributed by atoms with Crippen molar-refractivity contribution in [1.29, 1.82) is 0 Å². The second-order valence-corrected chi connectivity index (χ2v) is 8.06. The average molecular weight is 463 g/mol. The molecule has 168 valence electrons. The van der Waals surface area contributed by atoms with E-state index in [0.29, 0.717) is 18.5 Å². The number of methoxy groups -OCH3 is 1. The van der Waals surface area contributed by atoms with Crippen molar-refractivity contribution in [2.24, 2.45) is 0 Å². The van der Waals surface area contributed by atoms with Gasteiger partial charge in [-0.25, -0.2) is 14.4 Å². The minimum Gasteiger partial charge on any atom is -0.484 e. The van der Waals surface area contributed by atoms with E-state index in [9.17, 15) is 19.1 Å². The van der Waals surface area contributed by atoms with Gasteiger partial charge < -0.3 is 25.2 Å². The van der Waals surface area contributed by atoms with Crippen LogP contribution in [0.3, 0.4) is 0 Å². The molecule has 0 radical (unpaired) electrons. The maximum atomic E-state index is 13.5. The van der Waals surface area contributed by atoms with Gasteiger partial charge >= 0.3 is 0 Å². The van der Waals surface area contributed by atoms with Gasteiger partial charge in [-0.2, -0.15) is 0 Å². The van der Waals surface area contributed by atoms with Crippen LogP contribution in [0.15, 0.2) is 41.9 Å². The number of aromatic nitrogens is 2. The van der Waals surface area contributed by atoms with Crippen molar-refractivity contribution in [2.75, 3.05) is 13.7 Å². The molecular weight excluding hydrogens is 443 g/mol. The summed E-state index contributed by atoms with van der Waals surface area (Å²) in [5.74, 6) is -1.31. The van der Waals surface area contributed by atoms with Gasteiger partial charge in [0.1, 0.15) is 11.6 Å². The van der Waals surface area contributed by atoms with Crippen molar-refractivity contribution in [3.8, 4) is 11.6 Å². The first-order chi connectivity index (χ1) is 15.3. The molecule has 1 aromatic carbocycles. The third-order valence-corrected chi connectivity index (χ3v) is 5.70. The first-order valence-electron chi connectivity index (χ1n) is 9.75. The molecule has 1 heterocycles. The molecule has 32 heavy (non-hydrogen) atoms. The number of carbonyl (C=O) groups excluding carboxylic acids is 2. The van der Waals surface area contributed by atoms with Crippen molar-refractivity contribution in [1.82, 2.24) is 20.6 Å². The zero-order valence-corrected chi connectivity index (χ0v) is 17.8. The molecular formula is C21H20ClFN4O5. The molecule has 5 rings (SSSR count). The largest absolute Gasteiger partial charge is 0.484 e. The Hall–Kier alpha value is -3.24. The number of aliphatic hydroxyl groups is 1. The third kappa shape index (κ3) is 4.37. The lowest BCUT2D eigenvalue weighted by Gasteiger charge is -2.51. The fourth-order valence-corrected chi connectivity index (χ4v) is 4.07. The fourth-order valence-electron chi connectivity index (χ4n) is 3.95. The standard InChI is InChI=1S/C21H20ClFN4O5/c1-31-20-18(24-4-5-25-20)19(30)27-21-7-11(8-21)17(15(28)9-21)26-16(29)10-32-12-2-3-13(22)14(23)6-12/h2-6,15,28H,7-10H2,1H3,(H,26,29)(H,27,30). The van der Waals surface area contributed by atoms with Crippen LogP contribution in [-0.4, -0.2) is 52.2 Å². The number of benzene rings is 1. The molecule has 2 bridgehead atoms. The molecule has 9 nitrogen and oxygen atoms in total. The van der Waals surface area contributed by atoms with Gasteiger partial charge in [0.05, 0.1) is 23.8 Å². The molecule has 3 N–H and O–H groups in total. The van der Waals surface area contributed by atoms with Crippen molar-refractivity contribution in [3.63, 3.8) is 0 Å². The molecule has 1 atom stereocenters. The lowest BCUT2D eigenvalue weighted by Crippen LogP contribution is -2.61. The maximum absolute atomic E-state index is 13.5. The number of aliphatic hydroxyl groups excluding tert-OH is 1. The van der Waals surface area contributed by atoms with E-state index < -0.39 is 29.3 Å². The smallest absolute Gasteiger partial charge is 0.275 e. The van der Waals surface area contributed by atoms with E-state index in [2.05, 4.69) is 20.6 Å². The number of halogens is 2. The number of carbonyl (C=O) groups is 2. The van der Waals surface area contributed by atoms with Crippen LogP contribution in [0.1, 0.15) is 29.8 Å². The quantitative estimate of drug-likeness (QED) is 0.573. The average Bonchev–Trinajstić information content (AvgIpc) is 2.75. The van der Waals surface area contributed by atoms with Gasteiger partial charge in [-0.05, 0) is 30.5 Å². The summed E-state index contributed by atoms with van der Waals surface area (Å²) in [5, 5.41) is 16.1. The molecule has 1 fully saturated rings. The van der Waals surface area contributed by atoms with E-state index in [1.807, 2.05) is 0 Å². The zero-order valence-electron chi connectivity index (χ0n) is 17.0. The molecule has 1 unspecified atom stereocenters. The highest BCUT2D eigenvalue weighted by atomic mass is 35.5. The number of amides is 2. The van der Waals surface area contributed by atoms with Gasteiger partial charge in [0.2, 0.25) is 5.88 Å². The summed E-state index contributed by atoms with van der Waals surface area (Å²) < 4.78 is 23.8. The van der Waals surface area contributed by atoms with Crippen molar-refractivity contribution < 1.29 is 28.6 Å². The van der Waals surface area contributed by atoms with Crippen LogP contribution in [-0.2, 0) is 4.79 Å². The van der Waals surface area contributed by atoms with Gasteiger partial charge in [0, 0.05) is 30.6 Å². The summed E-state index contributed by atoms with van der Waals surface area (Å²) >= 11 is 5.62. The molecule has 3 aliphatic carbocycles. The highest BCUT2D eigenvalue weighted by Gasteiger charge is 2.50. The Balaban J connectivity index is 1.35. The predicted molar refractivity (Wildman–Crippen MR) is 111 cm³/mol. The number of rotatable bonds is 7. The van der Waals surface area contributed by atoms with E-state index in [4.69, 9.17) is 21.1 Å². The Kier molecular flexibility index (Phi) is 5.98. The van der Waals surface area contributed by atoms with Crippen LogP contribution >= 0.6 is 11.6 Å². The molecule has 0 saturated heterocycles. The second kappa shape index (κ2) is 8.71. The lowest BCUT2D eigenvalue weighted by molar-refractivity contribution is -0.123. The zero-order chi connectivity index (χ0) is 22.9. The van der Waals surface area contributed by atoms with Crippen LogP contribution < -0.4 is 20.1 Å². The monoisotopic (exact) mass is 462 g/mol.